The number of amides is 1. The van der Waals surface area contributed by atoms with Crippen LogP contribution in [-0.2, 0) is 11.4 Å². The smallest absolute Gasteiger partial charge is 0.236 e. The second-order valence-corrected chi connectivity index (χ2v) is 5.81. The molecule has 0 unspecified atom stereocenters. The molecule has 24 heavy (non-hydrogen) atoms. The van der Waals surface area contributed by atoms with Crippen molar-refractivity contribution >= 4 is 28.1 Å². The van der Waals surface area contributed by atoms with Crippen molar-refractivity contribution in [3.05, 3.63) is 58.1 Å². The summed E-state index contributed by atoms with van der Waals surface area (Å²) >= 11 is 3.49. The van der Waals surface area contributed by atoms with E-state index in [1.54, 1.807) is 6.21 Å². The summed E-state index contributed by atoms with van der Waals surface area (Å²) in [6, 6.07) is 13.6. The lowest BCUT2D eigenvalue weighted by Crippen LogP contribution is -2.12. The fourth-order valence-corrected chi connectivity index (χ4v) is 2.38. The van der Waals surface area contributed by atoms with Crippen LogP contribution in [0.25, 0.3) is 0 Å². The first-order valence-corrected chi connectivity index (χ1v) is 8.32. The van der Waals surface area contributed by atoms with Gasteiger partial charge in [-0.25, -0.2) is 5.43 Å². The van der Waals surface area contributed by atoms with Gasteiger partial charge >= 0.3 is 0 Å². The number of carbonyl (C=O) groups is 1. The Kier molecular flexibility index (Phi) is 6.81. The van der Waals surface area contributed by atoms with Crippen molar-refractivity contribution in [2.24, 2.45) is 5.10 Å². The van der Waals surface area contributed by atoms with E-state index in [-0.39, 0.29) is 5.91 Å². The largest absolute Gasteiger partial charge is 0.490 e. The molecular formula is C18H19BrN2O3. The van der Waals surface area contributed by atoms with Crippen molar-refractivity contribution in [1.29, 1.82) is 0 Å². The number of ether oxygens (including phenoxy) is 2. The zero-order valence-electron chi connectivity index (χ0n) is 13.6. The summed E-state index contributed by atoms with van der Waals surface area (Å²) in [6.07, 6.45) is 1.55. The van der Waals surface area contributed by atoms with Crippen LogP contribution in [0.15, 0.2) is 52.0 Å². The van der Waals surface area contributed by atoms with E-state index in [9.17, 15) is 4.79 Å². The van der Waals surface area contributed by atoms with Gasteiger partial charge in [-0.15, -0.1) is 0 Å². The normalized spacial score (nSPS) is 10.6. The van der Waals surface area contributed by atoms with E-state index >= 15 is 0 Å². The Bertz CT molecular complexity index is 718. The van der Waals surface area contributed by atoms with Crippen molar-refractivity contribution < 1.29 is 14.3 Å². The SMILES string of the molecule is CCOc1cc(/C=N\NC(C)=O)c(Br)cc1OCc1ccccc1. The molecule has 2 aromatic carbocycles. The average Bonchev–Trinajstić information content (AvgIpc) is 2.57. The van der Waals surface area contributed by atoms with E-state index in [2.05, 4.69) is 26.5 Å². The Labute approximate surface area is 149 Å². The maximum atomic E-state index is 10.9. The second-order valence-electron chi connectivity index (χ2n) is 4.95. The van der Waals surface area contributed by atoms with E-state index in [1.807, 2.05) is 49.4 Å². The zero-order chi connectivity index (χ0) is 17.4. The Morgan fingerprint density at radius 1 is 1.21 bits per heavy atom. The topological polar surface area (TPSA) is 59.9 Å². The summed E-state index contributed by atoms with van der Waals surface area (Å²) in [4.78, 5) is 10.9. The van der Waals surface area contributed by atoms with Crippen LogP contribution in [0, 0.1) is 0 Å². The van der Waals surface area contributed by atoms with Gasteiger partial charge in [0.15, 0.2) is 11.5 Å². The lowest BCUT2D eigenvalue weighted by molar-refractivity contribution is -0.118. The maximum Gasteiger partial charge on any atom is 0.236 e. The summed E-state index contributed by atoms with van der Waals surface area (Å²) in [5.74, 6) is 1.04. The average molecular weight is 391 g/mol. The van der Waals surface area contributed by atoms with Gasteiger partial charge in [-0.05, 0) is 40.5 Å². The van der Waals surface area contributed by atoms with Crippen LogP contribution in [0.5, 0.6) is 11.5 Å². The predicted octanol–water partition coefficient (Wildman–Crippen LogP) is 3.90. The highest BCUT2D eigenvalue weighted by atomic mass is 79.9. The third-order valence-corrected chi connectivity index (χ3v) is 3.71. The van der Waals surface area contributed by atoms with E-state index in [4.69, 9.17) is 9.47 Å². The molecule has 0 radical (unpaired) electrons. The molecule has 1 N–H and O–H groups in total. The molecule has 2 aromatic rings. The van der Waals surface area contributed by atoms with Crippen LogP contribution in [0.1, 0.15) is 25.0 Å². The molecule has 0 saturated carbocycles. The highest BCUT2D eigenvalue weighted by Gasteiger charge is 2.10. The molecule has 6 heteroatoms. The van der Waals surface area contributed by atoms with Crippen molar-refractivity contribution in [1.82, 2.24) is 5.43 Å². The van der Waals surface area contributed by atoms with Gasteiger partial charge in [-0.2, -0.15) is 5.10 Å². The van der Waals surface area contributed by atoms with Crippen molar-refractivity contribution in [3.8, 4) is 11.5 Å². The van der Waals surface area contributed by atoms with E-state index in [1.165, 1.54) is 6.92 Å². The number of halogens is 1. The van der Waals surface area contributed by atoms with Gasteiger partial charge in [0.25, 0.3) is 0 Å². The minimum absolute atomic E-state index is 0.227. The van der Waals surface area contributed by atoms with Crippen molar-refractivity contribution in [2.45, 2.75) is 20.5 Å². The molecule has 0 bridgehead atoms. The molecule has 0 spiro atoms. The van der Waals surface area contributed by atoms with Gasteiger partial charge in [0.05, 0.1) is 12.8 Å². The first kappa shape index (κ1) is 18.0. The highest BCUT2D eigenvalue weighted by molar-refractivity contribution is 9.10. The number of hydrogen-bond donors (Lipinski definition) is 1. The van der Waals surface area contributed by atoms with Gasteiger partial charge < -0.3 is 9.47 Å². The number of benzene rings is 2. The summed E-state index contributed by atoms with van der Waals surface area (Å²) in [6.45, 7) is 4.28. The zero-order valence-corrected chi connectivity index (χ0v) is 15.2. The van der Waals surface area contributed by atoms with E-state index in [0.29, 0.717) is 24.7 Å². The molecule has 0 aliphatic carbocycles. The van der Waals surface area contributed by atoms with Gasteiger partial charge in [-0.3, -0.25) is 4.79 Å². The van der Waals surface area contributed by atoms with E-state index < -0.39 is 0 Å². The molecule has 1 amide bonds. The highest BCUT2D eigenvalue weighted by Crippen LogP contribution is 2.33. The fourth-order valence-electron chi connectivity index (χ4n) is 1.96. The summed E-state index contributed by atoms with van der Waals surface area (Å²) in [5.41, 5.74) is 4.22. The number of nitrogens with zero attached hydrogens (tertiary/aromatic N) is 1. The molecule has 0 fully saturated rings. The quantitative estimate of drug-likeness (QED) is 0.575. The van der Waals surface area contributed by atoms with Crippen LogP contribution in [0.3, 0.4) is 0 Å². The number of hydrazone groups is 1. The van der Waals surface area contributed by atoms with Crippen molar-refractivity contribution in [2.75, 3.05) is 6.61 Å². The van der Waals surface area contributed by atoms with E-state index in [0.717, 1.165) is 15.6 Å². The second kappa shape index (κ2) is 9.08. The summed E-state index contributed by atoms with van der Waals surface area (Å²) in [7, 11) is 0. The lowest BCUT2D eigenvalue weighted by atomic mass is 10.2. The van der Waals surface area contributed by atoms with Crippen LogP contribution >= 0.6 is 15.9 Å². The molecule has 5 nitrogen and oxygen atoms in total. The number of nitrogens with one attached hydrogen (secondary N) is 1. The van der Waals surface area contributed by atoms with Gasteiger partial charge in [-0.1, -0.05) is 30.3 Å². The minimum atomic E-state index is -0.227. The predicted molar refractivity (Wildman–Crippen MR) is 97.5 cm³/mol. The maximum absolute atomic E-state index is 10.9. The van der Waals surface area contributed by atoms with Gasteiger partial charge in [0, 0.05) is 17.0 Å². The first-order valence-electron chi connectivity index (χ1n) is 7.53. The lowest BCUT2D eigenvalue weighted by Gasteiger charge is -2.14. The Balaban J connectivity index is 2.19. The van der Waals surface area contributed by atoms with Crippen LogP contribution in [0.2, 0.25) is 0 Å². The first-order chi connectivity index (χ1) is 11.6. The molecule has 0 aromatic heterocycles. The van der Waals surface area contributed by atoms with Gasteiger partial charge in [0.2, 0.25) is 5.91 Å². The molecule has 0 saturated heterocycles. The summed E-state index contributed by atoms with van der Waals surface area (Å²) < 4.78 is 12.3. The molecule has 0 aliphatic rings. The Morgan fingerprint density at radius 3 is 2.58 bits per heavy atom. The van der Waals surface area contributed by atoms with Crippen molar-refractivity contribution in [3.63, 3.8) is 0 Å². The standard InChI is InChI=1S/C18H19BrN2O3/c1-3-23-17-9-15(11-20-21-13(2)22)16(19)10-18(17)24-12-14-7-5-4-6-8-14/h4-11H,3,12H2,1-2H3,(H,21,22)/b20-11-. The molecule has 0 aliphatic heterocycles. The number of carbonyl (C=O) groups excluding carboxylic acids is 1. The monoisotopic (exact) mass is 390 g/mol. The van der Waals surface area contributed by atoms with Crippen LogP contribution in [-0.4, -0.2) is 18.7 Å². The Morgan fingerprint density at radius 2 is 1.92 bits per heavy atom. The molecule has 0 atom stereocenters. The molecular weight excluding hydrogens is 372 g/mol. The molecule has 2 rings (SSSR count). The van der Waals surface area contributed by atoms with Gasteiger partial charge in [0.1, 0.15) is 6.61 Å². The number of hydrogen-bond acceptors (Lipinski definition) is 4. The number of rotatable bonds is 7. The van der Waals surface area contributed by atoms with Crippen LogP contribution in [0.4, 0.5) is 0 Å². The Hall–Kier alpha value is -2.34. The fraction of sp³-hybridized carbons (Fsp3) is 0.222. The minimum Gasteiger partial charge on any atom is -0.490 e. The van der Waals surface area contributed by atoms with Crippen LogP contribution < -0.4 is 14.9 Å². The third kappa shape index (κ3) is 5.38. The molecule has 126 valence electrons. The summed E-state index contributed by atoms with van der Waals surface area (Å²) in [5, 5.41) is 3.88. The molecule has 0 heterocycles. The third-order valence-electron chi connectivity index (χ3n) is 3.03.